The highest BCUT2D eigenvalue weighted by Gasteiger charge is 2.31. The van der Waals surface area contributed by atoms with Crippen molar-refractivity contribution in [3.8, 4) is 0 Å². The van der Waals surface area contributed by atoms with E-state index in [0.29, 0.717) is 18.1 Å². The van der Waals surface area contributed by atoms with Gasteiger partial charge in [0.1, 0.15) is 0 Å². The van der Waals surface area contributed by atoms with Crippen LogP contribution in [0.4, 0.5) is 0 Å². The lowest BCUT2D eigenvalue weighted by atomic mass is 9.85. The van der Waals surface area contributed by atoms with Gasteiger partial charge in [-0.2, -0.15) is 0 Å². The molecule has 16 heavy (non-hydrogen) atoms. The molecule has 1 aromatic heterocycles. The summed E-state index contributed by atoms with van der Waals surface area (Å²) < 4.78 is 5.07. The quantitative estimate of drug-likeness (QED) is 0.863. The van der Waals surface area contributed by atoms with Crippen LogP contribution in [0, 0.1) is 5.92 Å². The van der Waals surface area contributed by atoms with Crippen molar-refractivity contribution >= 4 is 11.6 Å². The summed E-state index contributed by atoms with van der Waals surface area (Å²) in [4.78, 5) is 3.92. The molecule has 1 atom stereocenters. The Morgan fingerprint density at radius 1 is 1.56 bits per heavy atom. The van der Waals surface area contributed by atoms with E-state index in [2.05, 4.69) is 4.98 Å². The molecule has 1 heterocycles. The summed E-state index contributed by atoms with van der Waals surface area (Å²) in [7, 11) is 1.58. The van der Waals surface area contributed by atoms with Crippen LogP contribution in [0.1, 0.15) is 19.4 Å². The lowest BCUT2D eigenvalue weighted by Crippen LogP contribution is -2.42. The van der Waals surface area contributed by atoms with Gasteiger partial charge in [0.2, 0.25) is 0 Å². The number of nitrogens with zero attached hydrogens (tertiary/aromatic N) is 1. The van der Waals surface area contributed by atoms with Crippen molar-refractivity contribution in [3.05, 3.63) is 29.0 Å². The Morgan fingerprint density at radius 3 is 2.75 bits per heavy atom. The molecule has 0 aromatic carbocycles. The molecule has 0 saturated carbocycles. The maximum Gasteiger partial charge on any atom is 0.0943 e. The predicted octanol–water partition coefficient (Wildman–Crippen LogP) is 2.31. The minimum absolute atomic E-state index is 0.0941. The van der Waals surface area contributed by atoms with Gasteiger partial charge >= 0.3 is 0 Å². The standard InChI is InChI=1S/C12H18ClNO2/c1-9(2)12(15,8-16-3)6-10-4-5-14-7-11(10)13/h4-5,7,9,15H,6,8H2,1-3H3. The average molecular weight is 244 g/mol. The van der Waals surface area contributed by atoms with Gasteiger partial charge in [0, 0.05) is 25.9 Å². The number of hydrogen-bond donors (Lipinski definition) is 1. The molecule has 0 spiro atoms. The van der Waals surface area contributed by atoms with Gasteiger partial charge in [0.25, 0.3) is 0 Å². The minimum atomic E-state index is -0.889. The van der Waals surface area contributed by atoms with Crippen LogP contribution in [0.25, 0.3) is 0 Å². The van der Waals surface area contributed by atoms with Crippen molar-refractivity contribution in [2.75, 3.05) is 13.7 Å². The fraction of sp³-hybridized carbons (Fsp3) is 0.583. The topological polar surface area (TPSA) is 42.4 Å². The van der Waals surface area contributed by atoms with Crippen molar-refractivity contribution in [2.45, 2.75) is 25.9 Å². The normalized spacial score (nSPS) is 15.1. The molecular weight excluding hydrogens is 226 g/mol. The molecule has 1 N–H and O–H groups in total. The third-order valence-corrected chi connectivity index (χ3v) is 3.16. The van der Waals surface area contributed by atoms with Gasteiger partial charge in [-0.05, 0) is 17.5 Å². The molecule has 1 unspecified atom stereocenters. The van der Waals surface area contributed by atoms with E-state index in [1.165, 1.54) is 0 Å². The van der Waals surface area contributed by atoms with Crippen LogP contribution in [0.2, 0.25) is 5.02 Å². The minimum Gasteiger partial charge on any atom is -0.387 e. The molecule has 90 valence electrons. The Balaban J connectivity index is 2.88. The maximum absolute atomic E-state index is 10.5. The van der Waals surface area contributed by atoms with Gasteiger partial charge in [0.15, 0.2) is 0 Å². The number of rotatable bonds is 5. The summed E-state index contributed by atoms with van der Waals surface area (Å²) in [5, 5.41) is 11.0. The van der Waals surface area contributed by atoms with Crippen molar-refractivity contribution in [1.29, 1.82) is 0 Å². The molecule has 0 fully saturated rings. The number of hydrogen-bond acceptors (Lipinski definition) is 3. The summed E-state index contributed by atoms with van der Waals surface area (Å²) in [5.41, 5.74) is 0.00430. The van der Waals surface area contributed by atoms with Gasteiger partial charge in [-0.1, -0.05) is 25.4 Å². The summed E-state index contributed by atoms with van der Waals surface area (Å²) in [5.74, 6) is 0.0941. The molecule has 0 aliphatic carbocycles. The molecule has 4 heteroatoms. The molecule has 1 aromatic rings. The predicted molar refractivity (Wildman–Crippen MR) is 64.6 cm³/mol. The number of methoxy groups -OCH3 is 1. The zero-order valence-electron chi connectivity index (χ0n) is 9.90. The molecule has 0 amide bonds. The second-order valence-corrected chi connectivity index (χ2v) is 4.74. The Bertz CT molecular complexity index is 344. The molecule has 1 rings (SSSR count). The molecule has 3 nitrogen and oxygen atoms in total. The highest BCUT2D eigenvalue weighted by atomic mass is 35.5. The highest BCUT2D eigenvalue weighted by molar-refractivity contribution is 6.31. The maximum atomic E-state index is 10.5. The largest absolute Gasteiger partial charge is 0.387 e. The molecule has 0 saturated heterocycles. The Labute approximate surface area is 101 Å². The van der Waals surface area contributed by atoms with E-state index < -0.39 is 5.60 Å². The fourth-order valence-electron chi connectivity index (χ4n) is 1.55. The van der Waals surface area contributed by atoms with E-state index in [9.17, 15) is 5.11 Å². The number of ether oxygens (including phenoxy) is 1. The molecular formula is C12H18ClNO2. The second kappa shape index (κ2) is 5.62. The SMILES string of the molecule is COCC(O)(Cc1ccncc1Cl)C(C)C. The van der Waals surface area contributed by atoms with Crippen LogP contribution in [-0.2, 0) is 11.2 Å². The summed E-state index contributed by atoms with van der Waals surface area (Å²) in [6, 6.07) is 1.82. The zero-order valence-corrected chi connectivity index (χ0v) is 10.7. The Hall–Kier alpha value is -0.640. The van der Waals surface area contributed by atoms with Gasteiger partial charge in [-0.3, -0.25) is 4.98 Å². The average Bonchev–Trinajstić information content (AvgIpc) is 2.21. The molecule has 0 bridgehead atoms. The number of pyridine rings is 1. The Morgan fingerprint density at radius 2 is 2.25 bits per heavy atom. The van der Waals surface area contributed by atoms with Crippen LogP contribution in [0.3, 0.4) is 0 Å². The van der Waals surface area contributed by atoms with Gasteiger partial charge in [-0.25, -0.2) is 0 Å². The van der Waals surface area contributed by atoms with Gasteiger partial charge < -0.3 is 9.84 Å². The van der Waals surface area contributed by atoms with E-state index in [1.807, 2.05) is 19.9 Å². The first-order chi connectivity index (χ1) is 7.49. The van der Waals surface area contributed by atoms with E-state index in [0.717, 1.165) is 5.56 Å². The lowest BCUT2D eigenvalue weighted by Gasteiger charge is -2.31. The van der Waals surface area contributed by atoms with Gasteiger partial charge in [0.05, 0.1) is 17.2 Å². The van der Waals surface area contributed by atoms with Crippen LogP contribution >= 0.6 is 11.6 Å². The van der Waals surface area contributed by atoms with Crippen LogP contribution in [0.15, 0.2) is 18.5 Å². The van der Waals surface area contributed by atoms with Crippen molar-refractivity contribution < 1.29 is 9.84 Å². The van der Waals surface area contributed by atoms with Crippen LogP contribution in [0.5, 0.6) is 0 Å². The number of aliphatic hydroxyl groups is 1. The third-order valence-electron chi connectivity index (χ3n) is 2.82. The second-order valence-electron chi connectivity index (χ2n) is 4.34. The summed E-state index contributed by atoms with van der Waals surface area (Å²) >= 11 is 6.02. The van der Waals surface area contributed by atoms with Crippen LogP contribution in [-0.4, -0.2) is 29.4 Å². The first kappa shape index (κ1) is 13.4. The van der Waals surface area contributed by atoms with E-state index >= 15 is 0 Å². The lowest BCUT2D eigenvalue weighted by molar-refractivity contribution is -0.0637. The molecule has 0 radical (unpaired) electrons. The fourth-order valence-corrected chi connectivity index (χ4v) is 1.74. The highest BCUT2D eigenvalue weighted by Crippen LogP contribution is 2.26. The van der Waals surface area contributed by atoms with E-state index in [1.54, 1.807) is 19.5 Å². The monoisotopic (exact) mass is 243 g/mol. The van der Waals surface area contributed by atoms with Gasteiger partial charge in [-0.15, -0.1) is 0 Å². The van der Waals surface area contributed by atoms with Crippen molar-refractivity contribution in [1.82, 2.24) is 4.98 Å². The summed E-state index contributed by atoms with van der Waals surface area (Å²) in [6.45, 7) is 4.23. The Kier molecular flexibility index (Phi) is 4.71. The molecule has 0 aliphatic rings. The number of aromatic nitrogens is 1. The molecule has 0 aliphatic heterocycles. The zero-order chi connectivity index (χ0) is 12.2. The van der Waals surface area contributed by atoms with Crippen LogP contribution < -0.4 is 0 Å². The summed E-state index contributed by atoms with van der Waals surface area (Å²) in [6.07, 6.45) is 3.74. The third kappa shape index (κ3) is 3.17. The van der Waals surface area contributed by atoms with Crippen molar-refractivity contribution in [3.63, 3.8) is 0 Å². The van der Waals surface area contributed by atoms with Crippen molar-refractivity contribution in [2.24, 2.45) is 5.92 Å². The first-order valence-corrected chi connectivity index (χ1v) is 5.67. The first-order valence-electron chi connectivity index (χ1n) is 5.29. The van der Waals surface area contributed by atoms with E-state index in [4.69, 9.17) is 16.3 Å². The van der Waals surface area contributed by atoms with E-state index in [-0.39, 0.29) is 5.92 Å². The smallest absolute Gasteiger partial charge is 0.0943 e. The number of halogens is 1.